The second-order valence-corrected chi connectivity index (χ2v) is 12.2. The quantitative estimate of drug-likeness (QED) is 0.247. The van der Waals surface area contributed by atoms with Crippen molar-refractivity contribution in [2.45, 2.75) is 84.7 Å². The molecular weight excluding hydrogens is 516 g/mol. The van der Waals surface area contributed by atoms with Crippen molar-refractivity contribution in [1.29, 1.82) is 0 Å². The van der Waals surface area contributed by atoms with Gasteiger partial charge in [0.25, 0.3) is 0 Å². The number of benzene rings is 1. The molecule has 5 aromatic rings. The molecule has 0 fully saturated rings. The molecule has 1 atom stereocenters. The summed E-state index contributed by atoms with van der Waals surface area (Å²) in [6.07, 6.45) is 7.70. The lowest BCUT2D eigenvalue weighted by Crippen LogP contribution is -2.29. The van der Waals surface area contributed by atoms with Gasteiger partial charge in [-0.15, -0.1) is 0 Å². The number of rotatable bonds is 5. The van der Waals surface area contributed by atoms with Crippen LogP contribution in [0, 0.1) is 6.92 Å². The topological polar surface area (TPSA) is 127 Å². The maximum Gasteiger partial charge on any atom is 0.315 e. The van der Waals surface area contributed by atoms with Gasteiger partial charge in [0.15, 0.2) is 11.5 Å². The zero-order valence-corrected chi connectivity index (χ0v) is 24.4. The minimum absolute atomic E-state index is 0.000688. The Kier molecular flexibility index (Phi) is 6.71. The summed E-state index contributed by atoms with van der Waals surface area (Å²) >= 11 is 0. The van der Waals surface area contributed by atoms with Gasteiger partial charge in [0.1, 0.15) is 5.82 Å². The Balaban J connectivity index is 1.31. The van der Waals surface area contributed by atoms with E-state index < -0.39 is 0 Å². The van der Waals surface area contributed by atoms with Gasteiger partial charge in [-0.2, -0.15) is 10.1 Å². The van der Waals surface area contributed by atoms with Crippen molar-refractivity contribution in [2.24, 2.45) is 0 Å². The Hall–Kier alpha value is -4.34. The van der Waals surface area contributed by atoms with E-state index in [1.165, 1.54) is 5.56 Å². The highest BCUT2D eigenvalue weighted by Gasteiger charge is 2.27. The molecule has 0 saturated carbocycles. The molecule has 0 radical (unpaired) electrons. The first-order valence-electron chi connectivity index (χ1n) is 14.3. The number of aryl methyl sites for hydroxylation is 2. The number of H-pyrrole nitrogens is 1. The van der Waals surface area contributed by atoms with E-state index in [-0.39, 0.29) is 29.3 Å². The molecule has 0 aliphatic heterocycles. The van der Waals surface area contributed by atoms with E-state index in [4.69, 9.17) is 9.51 Å². The summed E-state index contributed by atoms with van der Waals surface area (Å²) in [6.45, 7) is 12.2. The molecule has 1 aliphatic rings. The molecule has 1 amide bonds. The maximum absolute atomic E-state index is 13.1. The predicted octanol–water partition coefficient (Wildman–Crippen LogP) is 6.26. The third-order valence-electron chi connectivity index (χ3n) is 7.71. The first-order chi connectivity index (χ1) is 19.6. The Morgan fingerprint density at radius 2 is 1.98 bits per heavy atom. The molecule has 1 aromatic carbocycles. The van der Waals surface area contributed by atoms with Crippen LogP contribution in [0.25, 0.3) is 33.7 Å². The van der Waals surface area contributed by atoms with Crippen molar-refractivity contribution in [3.8, 4) is 22.5 Å². The number of amides is 1. The maximum atomic E-state index is 13.1. The number of imidazole rings is 1. The van der Waals surface area contributed by atoms with Crippen molar-refractivity contribution in [3.63, 3.8) is 0 Å². The van der Waals surface area contributed by atoms with Gasteiger partial charge in [-0.25, -0.2) is 9.97 Å². The highest BCUT2D eigenvalue weighted by atomic mass is 16.5. The molecule has 6 rings (SSSR count). The third-order valence-corrected chi connectivity index (χ3v) is 7.71. The van der Waals surface area contributed by atoms with E-state index in [0.717, 1.165) is 65.0 Å². The number of pyridine rings is 1. The number of nitrogens with one attached hydrogen (secondary N) is 2. The molecule has 212 valence electrons. The Morgan fingerprint density at radius 1 is 1.15 bits per heavy atom. The molecule has 0 unspecified atom stereocenters. The zero-order chi connectivity index (χ0) is 28.9. The standard InChI is InChI=1S/C31H36N8O2/c1-17(2)39-16-23(18(3)37-39)26-34-25-22(13-14-32-27(25)35-26)20-11-12-21-19(15-20)9-7-8-10-24(21)33-28(40)29-36-30(38-41-29)31(4,5)6/h11-17,24H,7-10H2,1-6H3,(H,33,40)(H,32,34,35)/t24-/m1/s1. The summed E-state index contributed by atoms with van der Waals surface area (Å²) in [5, 5.41) is 11.8. The summed E-state index contributed by atoms with van der Waals surface area (Å²) in [7, 11) is 0. The fourth-order valence-electron chi connectivity index (χ4n) is 5.40. The van der Waals surface area contributed by atoms with Gasteiger partial charge < -0.3 is 14.8 Å². The first kappa shape index (κ1) is 26.9. The highest BCUT2D eigenvalue weighted by molar-refractivity contribution is 5.92. The molecule has 4 aromatic heterocycles. The van der Waals surface area contributed by atoms with Crippen LogP contribution in [0.1, 0.15) is 99.3 Å². The molecule has 2 N–H and O–H groups in total. The van der Waals surface area contributed by atoms with Gasteiger partial charge in [0.2, 0.25) is 0 Å². The van der Waals surface area contributed by atoms with Gasteiger partial charge in [-0.05, 0) is 62.8 Å². The third kappa shape index (κ3) is 5.14. The van der Waals surface area contributed by atoms with E-state index in [2.05, 4.69) is 62.6 Å². The highest BCUT2D eigenvalue weighted by Crippen LogP contribution is 2.35. The first-order valence-corrected chi connectivity index (χ1v) is 14.3. The number of fused-ring (bicyclic) bond motifs is 2. The summed E-state index contributed by atoms with van der Waals surface area (Å²) in [6, 6.07) is 8.65. The van der Waals surface area contributed by atoms with Crippen LogP contribution in [0.5, 0.6) is 0 Å². The molecule has 41 heavy (non-hydrogen) atoms. The monoisotopic (exact) mass is 552 g/mol. The number of carbonyl (C=O) groups excluding carboxylic acids is 1. The summed E-state index contributed by atoms with van der Waals surface area (Å²) in [5.41, 5.74) is 7.64. The van der Waals surface area contributed by atoms with Gasteiger partial charge in [-0.1, -0.05) is 50.5 Å². The van der Waals surface area contributed by atoms with Gasteiger partial charge in [0.05, 0.1) is 22.8 Å². The minimum atomic E-state index is -0.341. The number of aromatic nitrogens is 7. The fraction of sp³-hybridized carbons (Fsp3) is 0.419. The predicted molar refractivity (Wildman–Crippen MR) is 156 cm³/mol. The molecule has 0 bridgehead atoms. The summed E-state index contributed by atoms with van der Waals surface area (Å²) in [4.78, 5) is 30.3. The minimum Gasteiger partial charge on any atom is -0.341 e. The molecule has 10 nitrogen and oxygen atoms in total. The van der Waals surface area contributed by atoms with Crippen LogP contribution in [0.15, 0.2) is 41.2 Å². The average Bonchev–Trinajstić information content (AvgIpc) is 3.65. The lowest BCUT2D eigenvalue weighted by atomic mass is 9.94. The van der Waals surface area contributed by atoms with E-state index >= 15 is 0 Å². The number of hydrogen-bond acceptors (Lipinski definition) is 7. The van der Waals surface area contributed by atoms with Crippen molar-refractivity contribution >= 4 is 17.1 Å². The molecule has 4 heterocycles. The second kappa shape index (κ2) is 10.2. The van der Waals surface area contributed by atoms with Crippen LogP contribution in [0.4, 0.5) is 0 Å². The van der Waals surface area contributed by atoms with Crippen molar-refractivity contribution in [1.82, 2.24) is 40.2 Å². The number of hydrogen-bond donors (Lipinski definition) is 2. The van der Waals surface area contributed by atoms with E-state index in [0.29, 0.717) is 11.5 Å². The molecule has 10 heteroatoms. The fourth-order valence-corrected chi connectivity index (χ4v) is 5.40. The lowest BCUT2D eigenvalue weighted by Gasteiger charge is -2.19. The van der Waals surface area contributed by atoms with Gasteiger partial charge >= 0.3 is 11.8 Å². The summed E-state index contributed by atoms with van der Waals surface area (Å²) < 4.78 is 7.25. The average molecular weight is 553 g/mol. The zero-order valence-electron chi connectivity index (χ0n) is 24.4. The van der Waals surface area contributed by atoms with Crippen LogP contribution in [0.2, 0.25) is 0 Å². The number of carbonyl (C=O) groups is 1. The Morgan fingerprint density at radius 3 is 2.71 bits per heavy atom. The molecule has 0 spiro atoms. The van der Waals surface area contributed by atoms with Crippen LogP contribution in [0.3, 0.4) is 0 Å². The normalized spacial score (nSPS) is 15.7. The van der Waals surface area contributed by atoms with E-state index in [1.54, 1.807) is 6.20 Å². The molecule has 1 aliphatic carbocycles. The van der Waals surface area contributed by atoms with Crippen molar-refractivity contribution in [2.75, 3.05) is 0 Å². The van der Waals surface area contributed by atoms with E-state index in [1.807, 2.05) is 44.6 Å². The Labute approximate surface area is 239 Å². The Bertz CT molecular complexity index is 1740. The number of aromatic amines is 1. The smallest absolute Gasteiger partial charge is 0.315 e. The molecule has 0 saturated heterocycles. The van der Waals surface area contributed by atoms with Crippen molar-refractivity contribution < 1.29 is 9.32 Å². The number of nitrogens with zero attached hydrogens (tertiary/aromatic N) is 6. The largest absolute Gasteiger partial charge is 0.341 e. The van der Waals surface area contributed by atoms with Gasteiger partial charge in [0, 0.05) is 29.4 Å². The van der Waals surface area contributed by atoms with Crippen molar-refractivity contribution in [3.05, 3.63) is 65.2 Å². The van der Waals surface area contributed by atoms with Crippen LogP contribution >= 0.6 is 0 Å². The van der Waals surface area contributed by atoms with Gasteiger partial charge in [-0.3, -0.25) is 9.48 Å². The summed E-state index contributed by atoms with van der Waals surface area (Å²) in [5.74, 6) is 0.938. The lowest BCUT2D eigenvalue weighted by molar-refractivity contribution is 0.0890. The SMILES string of the molecule is Cc1nn(C(C)C)cc1-c1nc2nccc(-c3ccc4c(c3)CCCC[C@H]4NC(=O)c3nc(C(C)(C)C)no3)c2[nH]1. The van der Waals surface area contributed by atoms with Crippen LogP contribution < -0.4 is 5.32 Å². The molecular formula is C31H36N8O2. The van der Waals surface area contributed by atoms with Crippen LogP contribution in [-0.4, -0.2) is 40.8 Å². The second-order valence-electron chi connectivity index (χ2n) is 12.2. The van der Waals surface area contributed by atoms with E-state index in [9.17, 15) is 4.79 Å². The van der Waals surface area contributed by atoms with Crippen LogP contribution in [-0.2, 0) is 11.8 Å².